The molecule has 0 bridgehead atoms. The van der Waals surface area contributed by atoms with E-state index in [0.717, 1.165) is 31.7 Å². The van der Waals surface area contributed by atoms with Gasteiger partial charge in [-0.1, -0.05) is 18.9 Å². The van der Waals surface area contributed by atoms with Crippen molar-refractivity contribution < 1.29 is 12.8 Å². The number of rotatable bonds is 4. The number of hydrogen-bond acceptors (Lipinski definition) is 2. The topological polar surface area (TPSA) is 46.2 Å². The van der Waals surface area contributed by atoms with E-state index in [0.29, 0.717) is 5.88 Å². The molecular formula is C13H17ClFNO2S. The Kier molecular flexibility index (Phi) is 4.81. The molecular weight excluding hydrogens is 289 g/mol. The van der Waals surface area contributed by atoms with Gasteiger partial charge in [0.1, 0.15) is 5.82 Å². The summed E-state index contributed by atoms with van der Waals surface area (Å²) >= 11 is 5.88. The van der Waals surface area contributed by atoms with Crippen molar-refractivity contribution in [3.8, 4) is 0 Å². The maximum Gasteiger partial charge on any atom is 0.240 e. The summed E-state index contributed by atoms with van der Waals surface area (Å²) in [6, 6.07) is 4.88. The van der Waals surface area contributed by atoms with E-state index in [9.17, 15) is 12.8 Å². The predicted molar refractivity (Wildman–Crippen MR) is 73.2 cm³/mol. The van der Waals surface area contributed by atoms with Gasteiger partial charge in [0.25, 0.3) is 0 Å². The molecule has 0 saturated heterocycles. The van der Waals surface area contributed by atoms with Gasteiger partial charge >= 0.3 is 0 Å². The summed E-state index contributed by atoms with van der Waals surface area (Å²) < 4.78 is 40.2. The molecule has 0 amide bonds. The first-order chi connectivity index (χ1) is 9.03. The Morgan fingerprint density at radius 2 is 2.05 bits per heavy atom. The number of sulfonamides is 1. The van der Waals surface area contributed by atoms with Crippen LogP contribution in [0.15, 0.2) is 29.2 Å². The van der Waals surface area contributed by atoms with Crippen LogP contribution in [0.25, 0.3) is 0 Å². The second-order valence-electron chi connectivity index (χ2n) is 4.88. The fraction of sp³-hybridized carbons (Fsp3) is 0.538. The van der Waals surface area contributed by atoms with Crippen LogP contribution in [0.4, 0.5) is 4.39 Å². The number of benzene rings is 1. The zero-order valence-electron chi connectivity index (χ0n) is 10.5. The van der Waals surface area contributed by atoms with E-state index in [1.165, 1.54) is 18.2 Å². The highest BCUT2D eigenvalue weighted by Gasteiger charge is 2.28. The molecule has 1 fully saturated rings. The molecule has 106 valence electrons. The van der Waals surface area contributed by atoms with Crippen LogP contribution in [0.5, 0.6) is 0 Å². The molecule has 1 N–H and O–H groups in total. The van der Waals surface area contributed by atoms with Crippen molar-refractivity contribution in [3.05, 3.63) is 30.1 Å². The van der Waals surface area contributed by atoms with Gasteiger partial charge in [-0.25, -0.2) is 17.5 Å². The summed E-state index contributed by atoms with van der Waals surface area (Å²) in [4.78, 5) is -0.0357. The average molecular weight is 306 g/mol. The van der Waals surface area contributed by atoms with Crippen LogP contribution in [-0.2, 0) is 10.0 Å². The highest BCUT2D eigenvalue weighted by molar-refractivity contribution is 7.89. The van der Waals surface area contributed by atoms with Crippen LogP contribution in [0, 0.1) is 11.7 Å². The second kappa shape index (κ2) is 6.20. The summed E-state index contributed by atoms with van der Waals surface area (Å²) in [5.74, 6) is 0.0373. The Hall–Kier alpha value is -0.650. The first-order valence-electron chi connectivity index (χ1n) is 6.37. The molecule has 0 aliphatic heterocycles. The number of halogens is 2. The quantitative estimate of drug-likeness (QED) is 0.869. The van der Waals surface area contributed by atoms with Crippen LogP contribution in [-0.4, -0.2) is 20.3 Å². The van der Waals surface area contributed by atoms with Gasteiger partial charge in [-0.15, -0.1) is 11.6 Å². The summed E-state index contributed by atoms with van der Waals surface area (Å²) in [7, 11) is -3.67. The lowest BCUT2D eigenvalue weighted by Gasteiger charge is -2.30. The van der Waals surface area contributed by atoms with Gasteiger partial charge in [0, 0.05) is 11.9 Å². The van der Waals surface area contributed by atoms with Crippen molar-refractivity contribution in [2.75, 3.05) is 5.88 Å². The Morgan fingerprint density at radius 3 is 2.74 bits per heavy atom. The molecule has 0 aromatic heterocycles. The standard InChI is InChI=1S/C13H17ClFNO2S/c14-9-10-4-1-2-7-13(10)16-19(17,18)12-6-3-5-11(15)8-12/h3,5-6,8,10,13,16H,1-2,4,7,9H2. The molecule has 1 saturated carbocycles. The van der Waals surface area contributed by atoms with E-state index in [-0.39, 0.29) is 16.9 Å². The molecule has 1 aliphatic rings. The zero-order chi connectivity index (χ0) is 13.9. The highest BCUT2D eigenvalue weighted by atomic mass is 35.5. The van der Waals surface area contributed by atoms with Gasteiger partial charge in [0.2, 0.25) is 10.0 Å². The van der Waals surface area contributed by atoms with Crippen LogP contribution in [0.1, 0.15) is 25.7 Å². The van der Waals surface area contributed by atoms with Crippen molar-refractivity contribution in [1.29, 1.82) is 0 Å². The van der Waals surface area contributed by atoms with Crippen LogP contribution < -0.4 is 4.72 Å². The molecule has 0 heterocycles. The number of alkyl halides is 1. The van der Waals surface area contributed by atoms with E-state index in [1.807, 2.05) is 0 Å². The van der Waals surface area contributed by atoms with Crippen LogP contribution in [0.3, 0.4) is 0 Å². The monoisotopic (exact) mass is 305 g/mol. The Bertz CT molecular complexity index is 535. The Balaban J connectivity index is 2.16. The molecule has 3 nitrogen and oxygen atoms in total. The first-order valence-corrected chi connectivity index (χ1v) is 8.38. The summed E-state index contributed by atoms with van der Waals surface area (Å²) in [5.41, 5.74) is 0. The normalized spacial score (nSPS) is 24.3. The van der Waals surface area contributed by atoms with Gasteiger partial charge in [-0.3, -0.25) is 0 Å². The van der Waals surface area contributed by atoms with Gasteiger partial charge in [-0.2, -0.15) is 0 Å². The summed E-state index contributed by atoms with van der Waals surface area (Å²) in [6.45, 7) is 0. The van der Waals surface area contributed by atoms with Gasteiger partial charge in [-0.05, 0) is 37.0 Å². The minimum Gasteiger partial charge on any atom is -0.208 e. The highest BCUT2D eigenvalue weighted by Crippen LogP contribution is 2.26. The number of nitrogens with one attached hydrogen (secondary N) is 1. The Morgan fingerprint density at radius 1 is 1.32 bits per heavy atom. The van der Waals surface area contributed by atoms with E-state index in [2.05, 4.69) is 4.72 Å². The predicted octanol–water partition coefficient (Wildman–Crippen LogP) is 2.90. The van der Waals surface area contributed by atoms with Crippen molar-refractivity contribution in [2.45, 2.75) is 36.6 Å². The van der Waals surface area contributed by atoms with E-state index in [4.69, 9.17) is 11.6 Å². The molecule has 2 rings (SSSR count). The van der Waals surface area contributed by atoms with Crippen molar-refractivity contribution >= 4 is 21.6 Å². The maximum atomic E-state index is 13.1. The van der Waals surface area contributed by atoms with Crippen LogP contribution >= 0.6 is 11.6 Å². The number of hydrogen-bond donors (Lipinski definition) is 1. The molecule has 6 heteroatoms. The van der Waals surface area contributed by atoms with E-state index >= 15 is 0 Å². The third kappa shape index (κ3) is 3.68. The van der Waals surface area contributed by atoms with Gasteiger partial charge < -0.3 is 0 Å². The SMILES string of the molecule is O=S(=O)(NC1CCCCC1CCl)c1cccc(F)c1. The van der Waals surface area contributed by atoms with E-state index < -0.39 is 15.8 Å². The Labute approximate surface area is 118 Å². The smallest absolute Gasteiger partial charge is 0.208 e. The molecule has 1 aromatic carbocycles. The lowest BCUT2D eigenvalue weighted by molar-refractivity contribution is 0.314. The van der Waals surface area contributed by atoms with Crippen molar-refractivity contribution in [2.24, 2.45) is 5.92 Å². The largest absolute Gasteiger partial charge is 0.240 e. The molecule has 1 aliphatic carbocycles. The van der Waals surface area contributed by atoms with Crippen molar-refractivity contribution in [3.63, 3.8) is 0 Å². The van der Waals surface area contributed by atoms with Crippen LogP contribution in [0.2, 0.25) is 0 Å². The lowest BCUT2D eigenvalue weighted by atomic mass is 9.86. The molecule has 2 unspecified atom stereocenters. The van der Waals surface area contributed by atoms with Crippen molar-refractivity contribution in [1.82, 2.24) is 4.72 Å². The first kappa shape index (κ1) is 14.8. The lowest BCUT2D eigenvalue weighted by Crippen LogP contribution is -2.42. The summed E-state index contributed by atoms with van der Waals surface area (Å²) in [5, 5.41) is 0. The third-order valence-electron chi connectivity index (χ3n) is 3.52. The fourth-order valence-corrected chi connectivity index (χ4v) is 4.19. The third-order valence-corrected chi connectivity index (χ3v) is 5.40. The zero-order valence-corrected chi connectivity index (χ0v) is 12.1. The molecule has 0 radical (unpaired) electrons. The average Bonchev–Trinajstić information content (AvgIpc) is 2.39. The molecule has 0 spiro atoms. The summed E-state index contributed by atoms with van der Waals surface area (Å²) in [6.07, 6.45) is 3.78. The van der Waals surface area contributed by atoms with Gasteiger partial charge in [0.05, 0.1) is 4.90 Å². The second-order valence-corrected chi connectivity index (χ2v) is 6.91. The minimum atomic E-state index is -3.67. The maximum absolute atomic E-state index is 13.1. The van der Waals surface area contributed by atoms with E-state index in [1.54, 1.807) is 0 Å². The minimum absolute atomic E-state index is 0.0357. The molecule has 1 aromatic rings. The molecule has 19 heavy (non-hydrogen) atoms. The molecule has 2 atom stereocenters. The van der Waals surface area contributed by atoms with Gasteiger partial charge in [0.15, 0.2) is 0 Å². The fourth-order valence-electron chi connectivity index (χ4n) is 2.45.